The van der Waals surface area contributed by atoms with E-state index in [4.69, 9.17) is 9.47 Å². The maximum absolute atomic E-state index is 12.1. The van der Waals surface area contributed by atoms with Crippen LogP contribution < -0.4 is 14.9 Å². The summed E-state index contributed by atoms with van der Waals surface area (Å²) in [4.78, 5) is 12.1. The Morgan fingerprint density at radius 1 is 1.09 bits per heavy atom. The summed E-state index contributed by atoms with van der Waals surface area (Å²) in [5.41, 5.74) is 4.18. The van der Waals surface area contributed by atoms with E-state index < -0.39 is 0 Å². The van der Waals surface area contributed by atoms with Crippen LogP contribution in [0.1, 0.15) is 22.3 Å². The second-order valence-corrected chi connectivity index (χ2v) is 4.88. The molecular formula is C18H20N2O3. The summed E-state index contributed by atoms with van der Waals surface area (Å²) in [6, 6.07) is 15.1. The highest BCUT2D eigenvalue weighted by atomic mass is 16.5. The van der Waals surface area contributed by atoms with Gasteiger partial charge in [0.2, 0.25) is 0 Å². The summed E-state index contributed by atoms with van der Waals surface area (Å²) in [7, 11) is 3.08. The first-order valence-corrected chi connectivity index (χ1v) is 7.32. The van der Waals surface area contributed by atoms with Gasteiger partial charge in [-0.05, 0) is 30.5 Å². The van der Waals surface area contributed by atoms with E-state index in [-0.39, 0.29) is 5.91 Å². The summed E-state index contributed by atoms with van der Waals surface area (Å²) in [6.07, 6.45) is 3.33. The van der Waals surface area contributed by atoms with Crippen molar-refractivity contribution in [1.82, 2.24) is 5.43 Å². The standard InChI is InChI=1S/C18H20N2O3/c1-22-16-11-15(12-17(13-16)23-2)18(21)20-19-10-6-9-14-7-4-3-5-8-14/h3-5,7-8,10-13H,6,9H2,1-2H3,(H,20,21)/b19-10-. The first-order valence-electron chi connectivity index (χ1n) is 7.32. The molecule has 120 valence electrons. The van der Waals surface area contributed by atoms with E-state index in [9.17, 15) is 4.79 Å². The van der Waals surface area contributed by atoms with Crippen LogP contribution in [0.15, 0.2) is 53.6 Å². The molecule has 0 aliphatic rings. The zero-order chi connectivity index (χ0) is 16.5. The van der Waals surface area contributed by atoms with Gasteiger partial charge in [-0.2, -0.15) is 5.10 Å². The molecule has 0 unspecified atom stereocenters. The van der Waals surface area contributed by atoms with Crippen LogP contribution >= 0.6 is 0 Å². The number of ether oxygens (including phenoxy) is 2. The molecule has 1 N–H and O–H groups in total. The summed E-state index contributed by atoms with van der Waals surface area (Å²) in [5, 5.41) is 3.97. The van der Waals surface area contributed by atoms with Crippen LogP contribution in [0.2, 0.25) is 0 Å². The number of carbonyl (C=O) groups excluding carboxylic acids is 1. The molecule has 23 heavy (non-hydrogen) atoms. The largest absolute Gasteiger partial charge is 0.497 e. The molecule has 0 radical (unpaired) electrons. The minimum absolute atomic E-state index is 0.307. The fourth-order valence-corrected chi connectivity index (χ4v) is 2.05. The number of rotatable bonds is 7. The summed E-state index contributed by atoms with van der Waals surface area (Å²) in [6.45, 7) is 0. The Hall–Kier alpha value is -2.82. The number of nitrogens with zero attached hydrogens (tertiary/aromatic N) is 1. The van der Waals surface area contributed by atoms with Crippen molar-refractivity contribution in [3.05, 3.63) is 59.7 Å². The van der Waals surface area contributed by atoms with Crippen molar-refractivity contribution in [2.24, 2.45) is 5.10 Å². The predicted molar refractivity (Wildman–Crippen MR) is 90.3 cm³/mol. The van der Waals surface area contributed by atoms with Crippen molar-refractivity contribution < 1.29 is 14.3 Å². The van der Waals surface area contributed by atoms with Gasteiger partial charge < -0.3 is 9.47 Å². The van der Waals surface area contributed by atoms with Crippen molar-refractivity contribution >= 4 is 12.1 Å². The van der Waals surface area contributed by atoms with Crippen LogP contribution in [0, 0.1) is 0 Å². The van der Waals surface area contributed by atoms with Crippen molar-refractivity contribution in [2.45, 2.75) is 12.8 Å². The highest BCUT2D eigenvalue weighted by molar-refractivity contribution is 5.95. The molecule has 0 atom stereocenters. The van der Waals surface area contributed by atoms with Gasteiger partial charge in [0.1, 0.15) is 11.5 Å². The zero-order valence-corrected chi connectivity index (χ0v) is 13.3. The molecule has 0 saturated heterocycles. The minimum atomic E-state index is -0.307. The van der Waals surface area contributed by atoms with Gasteiger partial charge in [0.25, 0.3) is 5.91 Å². The van der Waals surface area contributed by atoms with Gasteiger partial charge in [0.05, 0.1) is 14.2 Å². The maximum atomic E-state index is 12.1. The first-order chi connectivity index (χ1) is 11.2. The molecule has 0 fully saturated rings. The predicted octanol–water partition coefficient (Wildman–Crippen LogP) is 3.05. The third kappa shape index (κ3) is 5.14. The Morgan fingerprint density at radius 2 is 1.74 bits per heavy atom. The summed E-state index contributed by atoms with van der Waals surface area (Å²) in [5.74, 6) is 0.809. The lowest BCUT2D eigenvalue weighted by atomic mass is 10.1. The first kappa shape index (κ1) is 16.5. The Kier molecular flexibility index (Phi) is 6.17. The van der Waals surface area contributed by atoms with Crippen LogP contribution in [0.3, 0.4) is 0 Å². The molecule has 0 spiro atoms. The Labute approximate surface area is 135 Å². The molecule has 2 rings (SSSR count). The smallest absolute Gasteiger partial charge is 0.271 e. The lowest BCUT2D eigenvalue weighted by molar-refractivity contribution is 0.0954. The van der Waals surface area contributed by atoms with Gasteiger partial charge in [-0.3, -0.25) is 4.79 Å². The molecule has 0 heterocycles. The number of hydrazone groups is 1. The number of hydrogen-bond acceptors (Lipinski definition) is 4. The third-order valence-corrected chi connectivity index (χ3v) is 3.28. The average Bonchev–Trinajstić information content (AvgIpc) is 2.61. The molecule has 0 bridgehead atoms. The summed E-state index contributed by atoms with van der Waals surface area (Å²) < 4.78 is 10.3. The highest BCUT2D eigenvalue weighted by Crippen LogP contribution is 2.22. The monoisotopic (exact) mass is 312 g/mol. The number of amides is 1. The van der Waals surface area contributed by atoms with E-state index in [0.717, 1.165) is 12.8 Å². The van der Waals surface area contributed by atoms with Gasteiger partial charge in [0, 0.05) is 17.8 Å². The fourth-order valence-electron chi connectivity index (χ4n) is 2.05. The second kappa shape index (κ2) is 8.58. The van der Waals surface area contributed by atoms with Crippen molar-refractivity contribution in [3.63, 3.8) is 0 Å². The molecular weight excluding hydrogens is 292 g/mol. The lowest BCUT2D eigenvalue weighted by Gasteiger charge is -2.07. The van der Waals surface area contributed by atoms with E-state index in [0.29, 0.717) is 17.1 Å². The highest BCUT2D eigenvalue weighted by Gasteiger charge is 2.08. The number of methoxy groups -OCH3 is 2. The van der Waals surface area contributed by atoms with Gasteiger partial charge in [-0.15, -0.1) is 0 Å². The number of benzene rings is 2. The van der Waals surface area contributed by atoms with E-state index in [1.165, 1.54) is 19.8 Å². The molecule has 0 saturated carbocycles. The Morgan fingerprint density at radius 3 is 2.35 bits per heavy atom. The van der Waals surface area contributed by atoms with E-state index in [1.54, 1.807) is 24.4 Å². The second-order valence-electron chi connectivity index (χ2n) is 4.88. The lowest BCUT2D eigenvalue weighted by Crippen LogP contribution is -2.17. The molecule has 5 heteroatoms. The molecule has 0 aliphatic heterocycles. The molecule has 2 aromatic rings. The normalized spacial score (nSPS) is 10.5. The third-order valence-electron chi connectivity index (χ3n) is 3.28. The summed E-state index contributed by atoms with van der Waals surface area (Å²) >= 11 is 0. The number of hydrogen-bond donors (Lipinski definition) is 1. The van der Waals surface area contributed by atoms with Crippen molar-refractivity contribution in [1.29, 1.82) is 0 Å². The van der Waals surface area contributed by atoms with Crippen LogP contribution in [0.5, 0.6) is 11.5 Å². The van der Waals surface area contributed by atoms with Crippen LogP contribution in [0.25, 0.3) is 0 Å². The van der Waals surface area contributed by atoms with Crippen LogP contribution in [-0.2, 0) is 6.42 Å². The molecule has 2 aromatic carbocycles. The van der Waals surface area contributed by atoms with Crippen molar-refractivity contribution in [3.8, 4) is 11.5 Å². The van der Waals surface area contributed by atoms with Crippen LogP contribution in [0.4, 0.5) is 0 Å². The quantitative estimate of drug-likeness (QED) is 0.631. The number of aryl methyl sites for hydroxylation is 1. The molecule has 0 aliphatic carbocycles. The Balaban J connectivity index is 1.88. The topological polar surface area (TPSA) is 59.9 Å². The minimum Gasteiger partial charge on any atom is -0.497 e. The van der Waals surface area contributed by atoms with E-state index in [2.05, 4.69) is 22.7 Å². The van der Waals surface area contributed by atoms with E-state index in [1.807, 2.05) is 18.2 Å². The maximum Gasteiger partial charge on any atom is 0.271 e. The van der Waals surface area contributed by atoms with Crippen LogP contribution in [-0.4, -0.2) is 26.3 Å². The van der Waals surface area contributed by atoms with Gasteiger partial charge in [-0.25, -0.2) is 5.43 Å². The van der Waals surface area contributed by atoms with Gasteiger partial charge in [0.15, 0.2) is 0 Å². The Bertz CT molecular complexity index is 647. The molecule has 1 amide bonds. The van der Waals surface area contributed by atoms with Crippen molar-refractivity contribution in [2.75, 3.05) is 14.2 Å². The molecule has 0 aromatic heterocycles. The molecule has 5 nitrogen and oxygen atoms in total. The number of carbonyl (C=O) groups is 1. The van der Waals surface area contributed by atoms with E-state index >= 15 is 0 Å². The fraction of sp³-hybridized carbons (Fsp3) is 0.222. The van der Waals surface area contributed by atoms with Gasteiger partial charge >= 0.3 is 0 Å². The SMILES string of the molecule is COc1cc(OC)cc(C(=O)N/N=C\CCc2ccccc2)c1. The zero-order valence-electron chi connectivity index (χ0n) is 13.3. The van der Waals surface area contributed by atoms with Gasteiger partial charge in [-0.1, -0.05) is 30.3 Å². The number of nitrogens with one attached hydrogen (secondary N) is 1. The average molecular weight is 312 g/mol.